The van der Waals surface area contributed by atoms with Crippen LogP contribution < -0.4 is 10.0 Å². The van der Waals surface area contributed by atoms with Crippen LogP contribution in [0.3, 0.4) is 0 Å². The summed E-state index contributed by atoms with van der Waals surface area (Å²) >= 11 is 1.22. The second-order valence-corrected chi connectivity index (χ2v) is 3.38. The van der Waals surface area contributed by atoms with Gasteiger partial charge in [0.1, 0.15) is 6.04 Å². The minimum atomic E-state index is -0.870. The summed E-state index contributed by atoms with van der Waals surface area (Å²) in [4.78, 5) is 20.9. The van der Waals surface area contributed by atoms with Crippen molar-refractivity contribution in [2.45, 2.75) is 19.4 Å². The van der Waals surface area contributed by atoms with Gasteiger partial charge in [0.25, 0.3) is 0 Å². The van der Waals surface area contributed by atoms with Gasteiger partial charge in [0.2, 0.25) is 5.91 Å². The predicted molar refractivity (Wildman–Crippen MR) is 51.4 cm³/mol. The molecule has 0 saturated carbocycles. The monoisotopic (exact) mass is 206 g/mol. The Morgan fingerprint density at radius 2 is 2.15 bits per heavy atom. The molecule has 5 nitrogen and oxygen atoms in total. The lowest BCUT2D eigenvalue weighted by molar-refractivity contribution is -0.139. The molecule has 0 unspecified atom stereocenters. The van der Waals surface area contributed by atoms with Crippen LogP contribution in [0.1, 0.15) is 13.3 Å². The van der Waals surface area contributed by atoms with Crippen LogP contribution in [0, 0.1) is 0 Å². The Bertz CT molecular complexity index is 187. The fraction of sp³-hybridized carbons (Fsp3) is 0.714. The third-order valence-electron chi connectivity index (χ3n) is 1.37. The van der Waals surface area contributed by atoms with Gasteiger partial charge in [-0.1, -0.05) is 11.9 Å². The predicted octanol–water partition coefficient (Wildman–Crippen LogP) is -0.167. The normalized spacial score (nSPS) is 12.2. The number of hydrogen-bond donors (Lipinski definition) is 3. The van der Waals surface area contributed by atoms with E-state index < -0.39 is 12.0 Å². The Hall–Kier alpha value is -0.750. The Kier molecular flexibility index (Phi) is 6.34. The maximum Gasteiger partial charge on any atom is 0.320 e. The minimum Gasteiger partial charge on any atom is -0.480 e. The van der Waals surface area contributed by atoms with Gasteiger partial charge in [-0.05, 0) is 13.5 Å². The first kappa shape index (κ1) is 12.2. The highest BCUT2D eigenvalue weighted by Crippen LogP contribution is 2.00. The number of carbonyl (C=O) groups is 2. The van der Waals surface area contributed by atoms with E-state index in [2.05, 4.69) is 10.0 Å². The molecule has 6 heteroatoms. The van der Waals surface area contributed by atoms with Gasteiger partial charge >= 0.3 is 5.97 Å². The van der Waals surface area contributed by atoms with Gasteiger partial charge in [-0.3, -0.25) is 9.59 Å². The fourth-order valence-electron chi connectivity index (χ4n) is 0.721. The topological polar surface area (TPSA) is 78.4 Å². The highest BCUT2D eigenvalue weighted by Gasteiger charge is 2.13. The lowest BCUT2D eigenvalue weighted by Gasteiger charge is -2.09. The van der Waals surface area contributed by atoms with Crippen LogP contribution in [0.5, 0.6) is 0 Å². The summed E-state index contributed by atoms with van der Waals surface area (Å²) in [7, 11) is 1.60. The van der Waals surface area contributed by atoms with Crippen molar-refractivity contribution in [1.29, 1.82) is 0 Å². The Balaban J connectivity index is 3.50. The average Bonchev–Trinajstić information content (AvgIpc) is 2.03. The second kappa shape index (κ2) is 6.73. The van der Waals surface area contributed by atoms with Crippen molar-refractivity contribution in [2.24, 2.45) is 0 Å². The zero-order chi connectivity index (χ0) is 10.3. The molecule has 0 aromatic carbocycles. The molecule has 13 heavy (non-hydrogen) atoms. The molecular weight excluding hydrogens is 192 g/mol. The lowest BCUT2D eigenvalue weighted by Crippen LogP contribution is -2.34. The molecule has 0 rings (SSSR count). The van der Waals surface area contributed by atoms with Crippen molar-refractivity contribution in [1.82, 2.24) is 10.0 Å². The zero-order valence-electron chi connectivity index (χ0n) is 7.66. The van der Waals surface area contributed by atoms with Gasteiger partial charge in [-0.2, -0.15) is 0 Å². The summed E-state index contributed by atoms with van der Waals surface area (Å²) in [5.74, 6) is -0.413. The average molecular weight is 206 g/mol. The van der Waals surface area contributed by atoms with E-state index >= 15 is 0 Å². The molecule has 0 aromatic heterocycles. The summed E-state index contributed by atoms with van der Waals surface area (Å²) in [5, 5.41) is 11.3. The highest BCUT2D eigenvalue weighted by molar-refractivity contribution is 7.97. The fourth-order valence-corrected chi connectivity index (χ4v) is 1.38. The van der Waals surface area contributed by atoms with E-state index in [-0.39, 0.29) is 5.91 Å². The third kappa shape index (κ3) is 6.41. The number of carboxylic acids is 1. The SMILES string of the molecule is CN[C@@H](CCSNC(C)=O)C(=O)O. The maximum atomic E-state index is 10.5. The van der Waals surface area contributed by atoms with Gasteiger partial charge in [0.15, 0.2) is 0 Å². The smallest absolute Gasteiger partial charge is 0.320 e. The summed E-state index contributed by atoms with van der Waals surface area (Å²) in [6.07, 6.45) is 0.483. The quantitative estimate of drug-likeness (QED) is 0.415. The molecule has 1 atom stereocenters. The van der Waals surface area contributed by atoms with Gasteiger partial charge in [0.05, 0.1) is 0 Å². The Morgan fingerprint density at radius 3 is 2.54 bits per heavy atom. The van der Waals surface area contributed by atoms with E-state index in [1.54, 1.807) is 7.05 Å². The van der Waals surface area contributed by atoms with Crippen molar-refractivity contribution in [2.75, 3.05) is 12.8 Å². The molecule has 0 aliphatic carbocycles. The molecule has 0 aliphatic heterocycles. The number of aliphatic carboxylic acids is 1. The van der Waals surface area contributed by atoms with E-state index in [1.165, 1.54) is 18.9 Å². The largest absolute Gasteiger partial charge is 0.480 e. The number of nitrogens with one attached hydrogen (secondary N) is 2. The molecule has 0 heterocycles. The number of carboxylic acid groups (broad SMARTS) is 1. The van der Waals surface area contributed by atoms with E-state index in [0.717, 1.165) is 0 Å². The number of hydrogen-bond acceptors (Lipinski definition) is 4. The summed E-state index contributed by atoms with van der Waals surface area (Å²) < 4.78 is 2.52. The van der Waals surface area contributed by atoms with E-state index in [1.807, 2.05) is 0 Å². The molecule has 0 fully saturated rings. The second-order valence-electron chi connectivity index (χ2n) is 2.47. The van der Waals surface area contributed by atoms with Gasteiger partial charge < -0.3 is 15.1 Å². The molecule has 1 amide bonds. The molecule has 0 aliphatic rings. The molecule has 76 valence electrons. The van der Waals surface area contributed by atoms with E-state index in [0.29, 0.717) is 12.2 Å². The lowest BCUT2D eigenvalue weighted by atomic mass is 10.2. The molecule has 0 aromatic rings. The molecular formula is C7H14N2O3S. The van der Waals surface area contributed by atoms with Gasteiger partial charge in [0, 0.05) is 12.7 Å². The Labute approximate surface area is 81.4 Å². The summed E-state index contributed by atoms with van der Waals surface area (Å²) in [6, 6.07) is -0.541. The summed E-state index contributed by atoms with van der Waals surface area (Å²) in [6.45, 7) is 1.42. The van der Waals surface area contributed by atoms with Crippen molar-refractivity contribution in [3.8, 4) is 0 Å². The molecule has 0 saturated heterocycles. The molecule has 0 radical (unpaired) electrons. The van der Waals surface area contributed by atoms with Crippen LogP contribution in [-0.2, 0) is 9.59 Å². The van der Waals surface area contributed by atoms with Crippen molar-refractivity contribution < 1.29 is 14.7 Å². The van der Waals surface area contributed by atoms with Crippen LogP contribution in [0.4, 0.5) is 0 Å². The molecule has 0 spiro atoms. The number of carbonyl (C=O) groups excluding carboxylic acids is 1. The van der Waals surface area contributed by atoms with Gasteiger partial charge in [-0.25, -0.2) is 0 Å². The first-order chi connectivity index (χ1) is 6.07. The summed E-state index contributed by atoms with van der Waals surface area (Å²) in [5.41, 5.74) is 0. The van der Waals surface area contributed by atoms with Crippen LogP contribution in [0.2, 0.25) is 0 Å². The first-order valence-electron chi connectivity index (χ1n) is 3.86. The van der Waals surface area contributed by atoms with Crippen molar-refractivity contribution in [3.05, 3.63) is 0 Å². The number of amides is 1. The van der Waals surface area contributed by atoms with Crippen molar-refractivity contribution in [3.63, 3.8) is 0 Å². The molecule has 3 N–H and O–H groups in total. The van der Waals surface area contributed by atoms with Crippen LogP contribution >= 0.6 is 11.9 Å². The van der Waals surface area contributed by atoms with Crippen LogP contribution in [0.25, 0.3) is 0 Å². The van der Waals surface area contributed by atoms with E-state index in [9.17, 15) is 9.59 Å². The van der Waals surface area contributed by atoms with Gasteiger partial charge in [-0.15, -0.1) is 0 Å². The number of likely N-dealkylation sites (N-methyl/N-ethyl adjacent to an activating group) is 1. The maximum absolute atomic E-state index is 10.5. The third-order valence-corrected chi connectivity index (χ3v) is 2.24. The zero-order valence-corrected chi connectivity index (χ0v) is 8.48. The Morgan fingerprint density at radius 1 is 1.54 bits per heavy atom. The van der Waals surface area contributed by atoms with Crippen LogP contribution in [0.15, 0.2) is 0 Å². The highest BCUT2D eigenvalue weighted by atomic mass is 32.2. The van der Waals surface area contributed by atoms with Crippen molar-refractivity contribution >= 4 is 23.8 Å². The van der Waals surface area contributed by atoms with Crippen LogP contribution in [-0.4, -0.2) is 35.8 Å². The van der Waals surface area contributed by atoms with E-state index in [4.69, 9.17) is 5.11 Å². The standard InChI is InChI=1S/C7H14N2O3S/c1-5(10)9-13-4-3-6(8-2)7(11)12/h6,8H,3-4H2,1-2H3,(H,9,10)(H,11,12)/t6-/m0/s1. The minimum absolute atomic E-state index is 0.124. The molecule has 0 bridgehead atoms. The first-order valence-corrected chi connectivity index (χ1v) is 4.85. The number of rotatable bonds is 6.